The number of rotatable bonds is 5. The number of hydrogen-bond acceptors (Lipinski definition) is 5. The van der Waals surface area contributed by atoms with Crippen LogP contribution in [0.1, 0.15) is 37.6 Å². The Hall–Kier alpha value is -1.17. The molecule has 0 saturated heterocycles. The van der Waals surface area contributed by atoms with Crippen molar-refractivity contribution < 1.29 is 0 Å². The first-order valence-electron chi connectivity index (χ1n) is 7.61. The van der Waals surface area contributed by atoms with Gasteiger partial charge in [0.25, 0.3) is 0 Å². The third-order valence-electron chi connectivity index (χ3n) is 4.50. The maximum absolute atomic E-state index is 6.07. The fraction of sp³-hybridized carbons (Fsp3) is 0.500. The molecule has 1 aliphatic rings. The summed E-state index contributed by atoms with van der Waals surface area (Å²) in [6.45, 7) is 9.52. The largest absolute Gasteiger partial charge is 0.379 e. The number of benzene rings is 1. The third kappa shape index (κ3) is 3.12. The van der Waals surface area contributed by atoms with Gasteiger partial charge < -0.3 is 5.32 Å². The molecule has 1 aliphatic heterocycles. The quantitative estimate of drug-likeness (QED) is 0.890. The average molecular weight is 337 g/mol. The summed E-state index contributed by atoms with van der Waals surface area (Å²) in [6.07, 6.45) is 0. The van der Waals surface area contributed by atoms with Crippen LogP contribution in [-0.4, -0.2) is 20.5 Å². The summed E-state index contributed by atoms with van der Waals surface area (Å²) in [7, 11) is 0. The minimum Gasteiger partial charge on any atom is -0.379 e. The summed E-state index contributed by atoms with van der Waals surface area (Å²) in [5.41, 5.74) is 4.81. The molecule has 2 aromatic rings. The summed E-state index contributed by atoms with van der Waals surface area (Å²) < 4.78 is 4.53. The van der Waals surface area contributed by atoms with Crippen LogP contribution in [0.25, 0.3) is 0 Å². The molecule has 0 amide bonds. The molecule has 1 atom stereocenters. The molecule has 2 heterocycles. The maximum Gasteiger partial charge on any atom is 0.139 e. The first-order chi connectivity index (χ1) is 10.6. The number of aromatic nitrogens is 2. The van der Waals surface area contributed by atoms with E-state index in [0.29, 0.717) is 22.8 Å². The van der Waals surface area contributed by atoms with E-state index < -0.39 is 0 Å². The van der Waals surface area contributed by atoms with E-state index in [1.807, 2.05) is 0 Å². The molecule has 6 heteroatoms. The molecule has 4 nitrogen and oxygen atoms in total. The molecule has 118 valence electrons. The fourth-order valence-electron chi connectivity index (χ4n) is 2.80. The summed E-state index contributed by atoms with van der Waals surface area (Å²) in [4.78, 5) is 2.54. The van der Waals surface area contributed by atoms with E-state index in [1.165, 1.54) is 28.3 Å². The number of hydrogen-bond donors (Lipinski definition) is 1. The Morgan fingerprint density at radius 1 is 1.32 bits per heavy atom. The standard InChI is InChI=1S/C16H21ClN4S/c1-10(2)11(3)21-8-12-5-4-6-14(13(12)9-21)18-7-15-16(17)22-20-19-15/h4-6,10-11,18H,7-9H2,1-3H3. The summed E-state index contributed by atoms with van der Waals surface area (Å²) in [5.74, 6) is 0.658. The van der Waals surface area contributed by atoms with Gasteiger partial charge in [-0.3, -0.25) is 4.90 Å². The normalized spacial score (nSPS) is 16.0. The molecular formula is C16H21ClN4S. The van der Waals surface area contributed by atoms with Gasteiger partial charge in [-0.1, -0.05) is 42.1 Å². The van der Waals surface area contributed by atoms with Crippen molar-refractivity contribution in [3.8, 4) is 0 Å². The Bertz CT molecular complexity index is 655. The van der Waals surface area contributed by atoms with Crippen molar-refractivity contribution in [3.05, 3.63) is 39.4 Å². The molecule has 1 N–H and O–H groups in total. The molecule has 22 heavy (non-hydrogen) atoms. The Kier molecular flexibility index (Phi) is 4.66. The second-order valence-corrected chi connectivity index (χ2v) is 7.54. The Morgan fingerprint density at radius 2 is 2.14 bits per heavy atom. The van der Waals surface area contributed by atoms with Crippen LogP contribution in [0.2, 0.25) is 4.34 Å². The van der Waals surface area contributed by atoms with Crippen LogP contribution < -0.4 is 5.32 Å². The zero-order chi connectivity index (χ0) is 15.7. The predicted molar refractivity (Wildman–Crippen MR) is 92.2 cm³/mol. The highest BCUT2D eigenvalue weighted by Crippen LogP contribution is 2.32. The second-order valence-electron chi connectivity index (χ2n) is 6.18. The van der Waals surface area contributed by atoms with Crippen LogP contribution in [-0.2, 0) is 19.6 Å². The molecule has 1 aromatic carbocycles. The SMILES string of the molecule is CC(C)C(C)N1Cc2cccc(NCc3nnsc3Cl)c2C1. The van der Waals surface area contributed by atoms with Crippen molar-refractivity contribution in [1.29, 1.82) is 0 Å². The van der Waals surface area contributed by atoms with E-state index >= 15 is 0 Å². The molecule has 3 rings (SSSR count). The molecule has 0 bridgehead atoms. The molecule has 0 saturated carbocycles. The van der Waals surface area contributed by atoms with Crippen LogP contribution in [0.15, 0.2) is 18.2 Å². The van der Waals surface area contributed by atoms with Gasteiger partial charge in [0.05, 0.1) is 6.54 Å². The zero-order valence-electron chi connectivity index (χ0n) is 13.1. The highest BCUT2D eigenvalue weighted by atomic mass is 35.5. The van der Waals surface area contributed by atoms with E-state index in [4.69, 9.17) is 11.6 Å². The van der Waals surface area contributed by atoms with Crippen molar-refractivity contribution in [2.75, 3.05) is 5.32 Å². The number of fused-ring (bicyclic) bond motifs is 1. The molecule has 0 radical (unpaired) electrons. The topological polar surface area (TPSA) is 41.0 Å². The lowest BCUT2D eigenvalue weighted by Gasteiger charge is -2.27. The fourth-order valence-corrected chi connectivity index (χ4v) is 3.43. The Labute approximate surface area is 140 Å². The van der Waals surface area contributed by atoms with Gasteiger partial charge >= 0.3 is 0 Å². The molecule has 0 fully saturated rings. The lowest BCUT2D eigenvalue weighted by molar-refractivity contribution is 0.170. The van der Waals surface area contributed by atoms with Crippen LogP contribution in [0.3, 0.4) is 0 Å². The first kappa shape index (κ1) is 15.7. The van der Waals surface area contributed by atoms with Crippen LogP contribution in [0.4, 0.5) is 5.69 Å². The van der Waals surface area contributed by atoms with E-state index in [2.05, 4.69) is 58.8 Å². The van der Waals surface area contributed by atoms with Crippen molar-refractivity contribution in [1.82, 2.24) is 14.5 Å². The van der Waals surface area contributed by atoms with E-state index in [-0.39, 0.29) is 0 Å². The van der Waals surface area contributed by atoms with E-state index in [0.717, 1.165) is 18.8 Å². The highest BCUT2D eigenvalue weighted by Gasteiger charge is 2.26. The number of nitrogens with zero attached hydrogens (tertiary/aromatic N) is 3. The van der Waals surface area contributed by atoms with Crippen LogP contribution >= 0.6 is 23.1 Å². The van der Waals surface area contributed by atoms with Gasteiger partial charge in [-0.05, 0) is 30.0 Å². The first-order valence-corrected chi connectivity index (χ1v) is 8.76. The molecule has 1 unspecified atom stereocenters. The molecule has 0 spiro atoms. The van der Waals surface area contributed by atoms with Gasteiger partial charge in [-0.2, -0.15) is 0 Å². The van der Waals surface area contributed by atoms with Gasteiger partial charge in [0.15, 0.2) is 0 Å². The smallest absolute Gasteiger partial charge is 0.139 e. The van der Waals surface area contributed by atoms with Crippen molar-refractivity contribution >= 4 is 28.8 Å². The lowest BCUT2D eigenvalue weighted by Crippen LogP contribution is -2.32. The second kappa shape index (κ2) is 6.52. The van der Waals surface area contributed by atoms with Crippen molar-refractivity contribution in [3.63, 3.8) is 0 Å². The summed E-state index contributed by atoms with van der Waals surface area (Å²) >= 11 is 7.30. The minimum atomic E-state index is 0.581. The van der Waals surface area contributed by atoms with E-state index in [9.17, 15) is 0 Å². The third-order valence-corrected chi connectivity index (χ3v) is 5.49. The monoisotopic (exact) mass is 336 g/mol. The highest BCUT2D eigenvalue weighted by molar-refractivity contribution is 7.10. The Balaban J connectivity index is 1.74. The van der Waals surface area contributed by atoms with Gasteiger partial charge in [0.1, 0.15) is 10.0 Å². The van der Waals surface area contributed by atoms with Gasteiger partial charge in [0, 0.05) is 36.4 Å². The maximum atomic E-state index is 6.07. The van der Waals surface area contributed by atoms with Gasteiger partial charge in [-0.25, -0.2) is 0 Å². The van der Waals surface area contributed by atoms with E-state index in [1.54, 1.807) is 0 Å². The summed E-state index contributed by atoms with van der Waals surface area (Å²) in [5, 5.41) is 7.52. The molecular weight excluding hydrogens is 316 g/mol. The Morgan fingerprint density at radius 3 is 2.82 bits per heavy atom. The summed E-state index contributed by atoms with van der Waals surface area (Å²) in [6, 6.07) is 7.06. The van der Waals surface area contributed by atoms with Crippen molar-refractivity contribution in [2.24, 2.45) is 5.92 Å². The average Bonchev–Trinajstić information content (AvgIpc) is 3.10. The minimum absolute atomic E-state index is 0.581. The lowest BCUT2D eigenvalue weighted by atomic mass is 10.1. The number of halogens is 1. The van der Waals surface area contributed by atoms with Gasteiger partial charge in [-0.15, -0.1) is 5.10 Å². The van der Waals surface area contributed by atoms with Crippen molar-refractivity contribution in [2.45, 2.75) is 46.4 Å². The van der Waals surface area contributed by atoms with Crippen LogP contribution in [0.5, 0.6) is 0 Å². The predicted octanol–water partition coefficient (Wildman–Crippen LogP) is 4.16. The number of nitrogens with one attached hydrogen (secondary N) is 1. The zero-order valence-corrected chi connectivity index (χ0v) is 14.7. The van der Waals surface area contributed by atoms with Gasteiger partial charge in [0.2, 0.25) is 0 Å². The molecule has 0 aliphatic carbocycles. The molecule has 1 aromatic heterocycles. The number of anilines is 1. The van der Waals surface area contributed by atoms with Crippen LogP contribution in [0, 0.1) is 5.92 Å².